The number of benzene rings is 2. The zero-order valence-electron chi connectivity index (χ0n) is 16.3. The Morgan fingerprint density at radius 2 is 1.90 bits per heavy atom. The first-order chi connectivity index (χ1) is 14.5. The highest BCUT2D eigenvalue weighted by molar-refractivity contribution is 6.35. The molecule has 30 heavy (non-hydrogen) atoms. The first kappa shape index (κ1) is 20.1. The molecule has 4 nitrogen and oxygen atoms in total. The molecule has 0 aliphatic rings. The molecule has 4 aromatic rings. The number of hydrogen-bond acceptors (Lipinski definition) is 3. The smallest absolute Gasteiger partial charge is 0.130 e. The van der Waals surface area contributed by atoms with Gasteiger partial charge in [-0.05, 0) is 35.4 Å². The van der Waals surface area contributed by atoms with Gasteiger partial charge in [-0.1, -0.05) is 42.4 Å². The Kier molecular flexibility index (Phi) is 5.84. The number of halogens is 2. The normalized spacial score (nSPS) is 11.0. The van der Waals surface area contributed by atoms with Crippen molar-refractivity contribution in [2.24, 2.45) is 0 Å². The second-order valence-electron chi connectivity index (χ2n) is 7.15. The van der Waals surface area contributed by atoms with Crippen LogP contribution < -0.4 is 5.32 Å². The summed E-state index contributed by atoms with van der Waals surface area (Å²) in [7, 11) is 0. The minimum absolute atomic E-state index is 0.0311. The molecule has 0 saturated heterocycles. The molecule has 3 N–H and O–H groups in total. The minimum Gasteiger partial charge on any atom is -0.392 e. The third kappa shape index (κ3) is 4.37. The molecule has 4 rings (SSSR count). The van der Waals surface area contributed by atoms with Crippen molar-refractivity contribution in [3.63, 3.8) is 0 Å². The number of aromatic amines is 1. The van der Waals surface area contributed by atoms with E-state index in [1.165, 1.54) is 6.07 Å². The van der Waals surface area contributed by atoms with Gasteiger partial charge in [0.15, 0.2) is 0 Å². The summed E-state index contributed by atoms with van der Waals surface area (Å²) in [4.78, 5) is 7.38. The van der Waals surface area contributed by atoms with Crippen LogP contribution in [0.25, 0.3) is 16.6 Å². The van der Waals surface area contributed by atoms with Gasteiger partial charge in [0.05, 0.1) is 11.6 Å². The molecular formula is C24H21ClFN3O. The molecule has 0 saturated carbocycles. The van der Waals surface area contributed by atoms with Gasteiger partial charge in [0.2, 0.25) is 0 Å². The van der Waals surface area contributed by atoms with Crippen LogP contribution >= 0.6 is 11.6 Å². The molecule has 0 fully saturated rings. The van der Waals surface area contributed by atoms with E-state index in [1.54, 1.807) is 18.5 Å². The quantitative estimate of drug-likeness (QED) is 0.384. The summed E-state index contributed by atoms with van der Waals surface area (Å²) in [6.07, 6.45) is 4.06. The lowest BCUT2D eigenvalue weighted by molar-refractivity contribution is 0.282. The van der Waals surface area contributed by atoms with Crippen LogP contribution in [0.1, 0.15) is 27.9 Å². The maximum absolute atomic E-state index is 14.4. The molecule has 0 aliphatic heterocycles. The Morgan fingerprint density at radius 1 is 1.13 bits per heavy atom. The summed E-state index contributed by atoms with van der Waals surface area (Å²) in [6, 6.07) is 14.8. The summed E-state index contributed by atoms with van der Waals surface area (Å²) >= 11 is 6.15. The highest BCUT2D eigenvalue weighted by atomic mass is 35.5. The van der Waals surface area contributed by atoms with E-state index in [4.69, 9.17) is 16.7 Å². The molecule has 2 aromatic carbocycles. The van der Waals surface area contributed by atoms with Crippen molar-refractivity contribution in [3.8, 4) is 0 Å². The second kappa shape index (κ2) is 8.69. The zero-order chi connectivity index (χ0) is 21.1. The number of fused-ring (bicyclic) bond motifs is 1. The van der Waals surface area contributed by atoms with E-state index in [0.29, 0.717) is 34.8 Å². The van der Waals surface area contributed by atoms with Crippen LogP contribution in [-0.2, 0) is 19.6 Å². The summed E-state index contributed by atoms with van der Waals surface area (Å²) < 4.78 is 14.4. The van der Waals surface area contributed by atoms with E-state index >= 15 is 0 Å². The van der Waals surface area contributed by atoms with Crippen LogP contribution in [0.5, 0.6) is 0 Å². The third-order valence-electron chi connectivity index (χ3n) is 5.05. The fraction of sp³-hybridized carbons (Fsp3) is 0.125. The molecule has 0 amide bonds. The lowest BCUT2D eigenvalue weighted by Crippen LogP contribution is -2.12. The highest BCUT2D eigenvalue weighted by Crippen LogP contribution is 2.26. The number of hydrogen-bond donors (Lipinski definition) is 3. The summed E-state index contributed by atoms with van der Waals surface area (Å²) in [5.74, 6) is -0.303. The van der Waals surface area contributed by atoms with Gasteiger partial charge in [-0.15, -0.1) is 0 Å². The monoisotopic (exact) mass is 421 g/mol. The van der Waals surface area contributed by atoms with Crippen molar-refractivity contribution in [3.05, 3.63) is 106 Å². The van der Waals surface area contributed by atoms with Crippen molar-refractivity contribution < 1.29 is 9.50 Å². The van der Waals surface area contributed by atoms with Crippen molar-refractivity contribution >= 4 is 28.2 Å². The van der Waals surface area contributed by atoms with Gasteiger partial charge in [0.25, 0.3) is 0 Å². The topological polar surface area (TPSA) is 60.9 Å². The molecule has 0 aliphatic carbocycles. The van der Waals surface area contributed by atoms with Crippen molar-refractivity contribution in [1.29, 1.82) is 0 Å². The van der Waals surface area contributed by atoms with Gasteiger partial charge in [0, 0.05) is 58.8 Å². The Balaban J connectivity index is 1.45. The molecule has 0 unspecified atom stereocenters. The van der Waals surface area contributed by atoms with E-state index in [1.807, 2.05) is 36.4 Å². The van der Waals surface area contributed by atoms with Crippen molar-refractivity contribution in [2.45, 2.75) is 19.6 Å². The average molecular weight is 422 g/mol. The zero-order valence-corrected chi connectivity index (χ0v) is 17.0. The first-order valence-electron chi connectivity index (χ1n) is 9.55. The largest absolute Gasteiger partial charge is 0.392 e. The van der Waals surface area contributed by atoms with Gasteiger partial charge in [-0.3, -0.25) is 4.98 Å². The van der Waals surface area contributed by atoms with Crippen molar-refractivity contribution in [2.75, 3.05) is 0 Å². The molecule has 0 atom stereocenters. The Bertz CT molecular complexity index is 1200. The molecule has 152 valence electrons. The second-order valence-corrected chi connectivity index (χ2v) is 7.55. The first-order valence-corrected chi connectivity index (χ1v) is 9.93. The molecule has 0 radical (unpaired) electrons. The molecule has 2 heterocycles. The molecule has 6 heteroatoms. The number of aliphatic hydroxyl groups excluding tert-OH is 1. The number of pyridine rings is 1. The van der Waals surface area contributed by atoms with Crippen LogP contribution in [0.2, 0.25) is 5.02 Å². The Labute approximate surface area is 179 Å². The van der Waals surface area contributed by atoms with Crippen LogP contribution in [0.4, 0.5) is 4.39 Å². The predicted molar refractivity (Wildman–Crippen MR) is 119 cm³/mol. The van der Waals surface area contributed by atoms with Gasteiger partial charge < -0.3 is 15.4 Å². The molecule has 2 aromatic heterocycles. The average Bonchev–Trinajstić information content (AvgIpc) is 3.12. The summed E-state index contributed by atoms with van der Waals surface area (Å²) in [6.45, 7) is 4.41. The van der Waals surface area contributed by atoms with Crippen LogP contribution in [-0.4, -0.2) is 15.1 Å². The molecule has 0 bridgehead atoms. The number of aliphatic hydroxyl groups is 1. The van der Waals surface area contributed by atoms with E-state index in [-0.39, 0.29) is 12.4 Å². The number of aromatic nitrogens is 2. The maximum Gasteiger partial charge on any atom is 0.130 e. The number of nitrogens with one attached hydrogen (secondary N) is 2. The van der Waals surface area contributed by atoms with Crippen LogP contribution in [0, 0.1) is 5.82 Å². The van der Waals surface area contributed by atoms with Crippen molar-refractivity contribution in [1.82, 2.24) is 15.3 Å². The number of H-pyrrole nitrogens is 1. The molecular weight excluding hydrogens is 401 g/mol. The van der Waals surface area contributed by atoms with Gasteiger partial charge in [-0.2, -0.15) is 0 Å². The fourth-order valence-electron chi connectivity index (χ4n) is 3.33. The number of rotatable bonds is 7. The highest BCUT2D eigenvalue weighted by Gasteiger charge is 2.10. The predicted octanol–water partition coefficient (Wildman–Crippen LogP) is 5.20. The van der Waals surface area contributed by atoms with Crippen LogP contribution in [0.15, 0.2) is 67.5 Å². The standard InChI is InChI=1S/C24H21ClFN3O/c1-15(28-12-19-10-21-22(25)13-29-24(21)11-23(19)26)18-6-7-27-20(9-18)8-16-2-4-17(14-30)5-3-16/h2-7,9-11,13,28-30H,1,8,12,14H2. The van der Waals surface area contributed by atoms with E-state index < -0.39 is 0 Å². The molecule has 0 spiro atoms. The summed E-state index contributed by atoms with van der Waals surface area (Å²) in [5, 5.41) is 13.7. The van der Waals surface area contributed by atoms with Gasteiger partial charge in [-0.25, -0.2) is 4.39 Å². The minimum atomic E-state index is -0.303. The Morgan fingerprint density at radius 3 is 2.67 bits per heavy atom. The SMILES string of the molecule is C=C(NCc1cc2c(Cl)c[nH]c2cc1F)c1ccnc(Cc2ccc(CO)cc2)c1. The van der Waals surface area contributed by atoms with Gasteiger partial charge >= 0.3 is 0 Å². The number of nitrogens with zero attached hydrogens (tertiary/aromatic N) is 1. The van der Waals surface area contributed by atoms with Gasteiger partial charge in [0.1, 0.15) is 5.82 Å². The fourth-order valence-corrected chi connectivity index (χ4v) is 3.54. The maximum atomic E-state index is 14.4. The van der Waals surface area contributed by atoms with E-state index in [0.717, 1.165) is 27.8 Å². The van der Waals surface area contributed by atoms with Crippen LogP contribution in [0.3, 0.4) is 0 Å². The lowest BCUT2D eigenvalue weighted by Gasteiger charge is -2.12. The lowest BCUT2D eigenvalue weighted by atomic mass is 10.1. The van der Waals surface area contributed by atoms with E-state index in [2.05, 4.69) is 21.9 Å². The third-order valence-corrected chi connectivity index (χ3v) is 5.36. The van der Waals surface area contributed by atoms with E-state index in [9.17, 15) is 4.39 Å². The summed E-state index contributed by atoms with van der Waals surface area (Å²) in [5.41, 5.74) is 5.66. The Hall–Kier alpha value is -3.15.